The van der Waals surface area contributed by atoms with E-state index in [1.165, 1.54) is 5.36 Å². The van der Waals surface area contributed by atoms with Crippen molar-refractivity contribution in [3.63, 3.8) is 0 Å². The summed E-state index contributed by atoms with van der Waals surface area (Å²) in [5.74, 6) is -3.01. The third-order valence-electron chi connectivity index (χ3n) is 5.56. The highest BCUT2D eigenvalue weighted by Crippen LogP contribution is 2.34. The van der Waals surface area contributed by atoms with Crippen LogP contribution in [-0.4, -0.2) is 69.7 Å². The van der Waals surface area contributed by atoms with Crippen LogP contribution in [0.1, 0.15) is 5.56 Å². The molecule has 0 spiro atoms. The molecule has 0 amide bonds. The van der Waals surface area contributed by atoms with E-state index in [-0.39, 0.29) is 0 Å². The standard InChI is InChI=1S/C21H21N4O2S.C2HF3O2/c22-14-15-11-17(25-5-9-27-10-6-25)13-20-21(15)23-18-2-1-16(12-19(18)28-20)24-3-7-26-8-4-24;3-2(4,5)1(6)7/h1-2,11-13H,3-10H2;(H,6,7)/q+1;/p-1. The Hall–Kier alpha value is -3.27. The Labute approximate surface area is 202 Å². The molecule has 0 saturated carbocycles. The van der Waals surface area contributed by atoms with Crippen LogP contribution in [0.4, 0.5) is 18.9 Å². The Balaban J connectivity index is 0.000000364. The van der Waals surface area contributed by atoms with Crippen molar-refractivity contribution < 1.29 is 32.5 Å². The molecule has 3 heterocycles. The maximum Gasteiger partial charge on any atom is 0.430 e. The molecule has 12 heteroatoms. The van der Waals surface area contributed by atoms with Crippen molar-refractivity contribution in [3.05, 3.63) is 41.3 Å². The molecule has 0 unspecified atom stereocenters. The average Bonchev–Trinajstić information content (AvgIpc) is 2.87. The number of carbonyl (C=O) groups excluding carboxylic acids is 1. The molecule has 2 saturated heterocycles. The Morgan fingerprint density at radius 3 is 2.40 bits per heavy atom. The maximum absolute atomic E-state index is 10.5. The van der Waals surface area contributed by atoms with Gasteiger partial charge in [-0.3, -0.25) is 0 Å². The fourth-order valence-electron chi connectivity index (χ4n) is 3.81. The third-order valence-corrected chi connectivity index (χ3v) is 6.64. The summed E-state index contributed by atoms with van der Waals surface area (Å²) in [6.45, 7) is 6.52. The molecule has 2 fully saturated rings. The predicted octanol–water partition coefficient (Wildman–Crippen LogP) is 1.21. The van der Waals surface area contributed by atoms with Gasteiger partial charge in [0, 0.05) is 30.9 Å². The third kappa shape index (κ3) is 5.87. The minimum atomic E-state index is -5.19. The Kier molecular flexibility index (Phi) is 7.49. The van der Waals surface area contributed by atoms with Gasteiger partial charge in [-0.05, 0) is 18.2 Å². The Morgan fingerprint density at radius 1 is 1.11 bits per heavy atom. The van der Waals surface area contributed by atoms with Gasteiger partial charge in [-0.2, -0.15) is 18.4 Å². The number of aliphatic carboxylic acids is 1. The Bertz CT molecular complexity index is 1300. The molecule has 5 rings (SSSR count). The van der Waals surface area contributed by atoms with Gasteiger partial charge in [0.25, 0.3) is 0 Å². The number of fused-ring (bicyclic) bond motifs is 2. The SMILES string of the molecule is N#Cc1cc(N2CCOCC2)cc2sc3cc(=[N+]4CCOCC4)ccc-3nc12.O=C([O-])C(F)(F)F. The Morgan fingerprint density at radius 2 is 1.77 bits per heavy atom. The lowest BCUT2D eigenvalue weighted by atomic mass is 10.1. The van der Waals surface area contributed by atoms with Crippen LogP contribution >= 0.6 is 11.3 Å². The molecule has 8 nitrogen and oxygen atoms in total. The smallest absolute Gasteiger partial charge is 0.430 e. The first kappa shape index (κ1) is 24.8. The minimum absolute atomic E-state index is 0.634. The lowest BCUT2D eigenvalue weighted by molar-refractivity contribution is -0.344. The zero-order valence-electron chi connectivity index (χ0n) is 18.5. The van der Waals surface area contributed by atoms with Gasteiger partial charge in [-0.25, -0.2) is 9.56 Å². The number of hydrogen-bond donors (Lipinski definition) is 0. The van der Waals surface area contributed by atoms with E-state index in [2.05, 4.69) is 39.8 Å². The molecular weight excluding hydrogens is 485 g/mol. The minimum Gasteiger partial charge on any atom is -0.542 e. The van der Waals surface area contributed by atoms with Crippen molar-refractivity contribution in [2.75, 3.05) is 57.5 Å². The summed E-state index contributed by atoms with van der Waals surface area (Å²) in [4.78, 5) is 17.0. The molecule has 4 aliphatic rings. The van der Waals surface area contributed by atoms with Crippen molar-refractivity contribution >= 4 is 33.2 Å². The van der Waals surface area contributed by atoms with Gasteiger partial charge < -0.3 is 24.3 Å². The van der Waals surface area contributed by atoms with Gasteiger partial charge in [0.2, 0.25) is 5.36 Å². The molecule has 0 atom stereocenters. The average molecular weight is 507 g/mol. The van der Waals surface area contributed by atoms with Crippen LogP contribution in [0, 0.1) is 11.3 Å². The molecule has 0 aromatic heterocycles. The van der Waals surface area contributed by atoms with Crippen LogP contribution in [0.25, 0.3) is 20.8 Å². The van der Waals surface area contributed by atoms with Gasteiger partial charge >= 0.3 is 6.18 Å². The van der Waals surface area contributed by atoms with Crippen LogP contribution in [0.5, 0.6) is 0 Å². The van der Waals surface area contributed by atoms with Gasteiger partial charge in [-0.1, -0.05) is 0 Å². The summed E-state index contributed by atoms with van der Waals surface area (Å²) in [6, 6.07) is 12.9. The van der Waals surface area contributed by atoms with E-state index >= 15 is 0 Å². The van der Waals surface area contributed by atoms with Crippen molar-refractivity contribution in [2.24, 2.45) is 0 Å². The van der Waals surface area contributed by atoms with Crippen molar-refractivity contribution in [3.8, 4) is 16.6 Å². The molecule has 184 valence electrons. The van der Waals surface area contributed by atoms with E-state index in [1.807, 2.05) is 6.07 Å². The van der Waals surface area contributed by atoms with Crippen LogP contribution < -0.4 is 19.9 Å². The number of halogens is 3. The lowest BCUT2D eigenvalue weighted by Gasteiger charge is -2.29. The summed E-state index contributed by atoms with van der Waals surface area (Å²) < 4.78 is 45.9. The van der Waals surface area contributed by atoms with Crippen LogP contribution in [0.15, 0.2) is 30.3 Å². The number of alkyl halides is 3. The number of benzene rings is 2. The molecule has 1 aromatic rings. The van der Waals surface area contributed by atoms with Crippen molar-refractivity contribution in [2.45, 2.75) is 6.18 Å². The zero-order valence-corrected chi connectivity index (χ0v) is 19.3. The van der Waals surface area contributed by atoms with Gasteiger partial charge in [0.1, 0.15) is 25.3 Å². The van der Waals surface area contributed by atoms with Gasteiger partial charge in [-0.15, -0.1) is 11.3 Å². The number of aromatic nitrogens is 1. The molecule has 3 aliphatic heterocycles. The number of ether oxygens (including phenoxy) is 2. The number of carbonyl (C=O) groups is 1. The highest BCUT2D eigenvalue weighted by atomic mass is 32.1. The number of rotatable bonds is 1. The molecule has 35 heavy (non-hydrogen) atoms. The van der Waals surface area contributed by atoms with Gasteiger partial charge in [0.05, 0.1) is 39.6 Å². The fourth-order valence-corrected chi connectivity index (χ4v) is 4.88. The molecule has 1 aromatic carbocycles. The summed E-state index contributed by atoms with van der Waals surface area (Å²) in [6.07, 6.45) is -5.19. The monoisotopic (exact) mass is 506 g/mol. The fraction of sp³-hybridized carbons (Fsp3) is 0.391. The van der Waals surface area contributed by atoms with E-state index in [1.54, 1.807) is 11.3 Å². The number of nitriles is 1. The number of anilines is 1. The largest absolute Gasteiger partial charge is 0.542 e. The lowest BCUT2D eigenvalue weighted by Crippen LogP contribution is -2.39. The van der Waals surface area contributed by atoms with E-state index in [4.69, 9.17) is 24.4 Å². The first-order chi connectivity index (χ1) is 16.8. The van der Waals surface area contributed by atoms with E-state index < -0.39 is 12.1 Å². The molecule has 1 aliphatic carbocycles. The van der Waals surface area contributed by atoms with Gasteiger partial charge in [0.15, 0.2) is 13.1 Å². The van der Waals surface area contributed by atoms with Crippen molar-refractivity contribution in [1.29, 1.82) is 5.26 Å². The number of nitrogens with zero attached hydrogens (tertiary/aromatic N) is 4. The maximum atomic E-state index is 10.5. The van der Waals surface area contributed by atoms with Crippen LogP contribution in [0.2, 0.25) is 0 Å². The number of carboxylic acid groups (broad SMARTS) is 1. The van der Waals surface area contributed by atoms with E-state index in [9.17, 15) is 18.4 Å². The molecule has 0 radical (unpaired) electrons. The summed E-state index contributed by atoms with van der Waals surface area (Å²) >= 11 is 1.71. The summed E-state index contributed by atoms with van der Waals surface area (Å²) in [5.41, 5.74) is 3.43. The summed E-state index contributed by atoms with van der Waals surface area (Å²) in [5, 5.41) is 19.7. The predicted molar refractivity (Wildman–Crippen MR) is 121 cm³/mol. The molecule has 0 N–H and O–H groups in total. The van der Waals surface area contributed by atoms with E-state index in [0.717, 1.165) is 79.1 Å². The number of hydrogen-bond acceptors (Lipinski definition) is 8. The zero-order chi connectivity index (χ0) is 25.0. The second-order valence-electron chi connectivity index (χ2n) is 7.80. The second-order valence-corrected chi connectivity index (χ2v) is 8.89. The van der Waals surface area contributed by atoms with Crippen molar-refractivity contribution in [1.82, 2.24) is 9.56 Å². The van der Waals surface area contributed by atoms with E-state index in [0.29, 0.717) is 5.56 Å². The highest BCUT2D eigenvalue weighted by molar-refractivity contribution is 7.21. The molecule has 0 bridgehead atoms. The quantitative estimate of drug-likeness (QED) is 0.361. The number of carboxylic acids is 1. The highest BCUT2D eigenvalue weighted by Gasteiger charge is 2.28. The second kappa shape index (κ2) is 10.6. The van der Waals surface area contributed by atoms with Crippen LogP contribution in [-0.2, 0) is 14.3 Å². The van der Waals surface area contributed by atoms with Crippen LogP contribution in [0.3, 0.4) is 0 Å². The normalized spacial score (nSPS) is 16.5. The topological polar surface area (TPSA) is 102 Å². The first-order valence-corrected chi connectivity index (χ1v) is 11.6. The number of morpholine rings is 2. The first-order valence-electron chi connectivity index (χ1n) is 10.8. The summed E-state index contributed by atoms with van der Waals surface area (Å²) in [7, 11) is 0. The molecular formula is C23H21F3N4O4S.